The molecule has 2 aromatic carbocycles. The van der Waals surface area contributed by atoms with Crippen LogP contribution >= 0.6 is 0 Å². The summed E-state index contributed by atoms with van der Waals surface area (Å²) in [4.78, 5) is 39.8. The maximum atomic E-state index is 13.5. The zero-order valence-corrected chi connectivity index (χ0v) is 29.7. The monoisotopic (exact) mass is 700 g/mol. The number of ether oxygens (including phenoxy) is 1. The molecule has 1 unspecified atom stereocenters. The zero-order valence-electron chi connectivity index (χ0n) is 28.9. The summed E-state index contributed by atoms with van der Waals surface area (Å²) in [5.41, 5.74) is -0.849. The second-order valence-electron chi connectivity index (χ2n) is 13.5. The third kappa shape index (κ3) is 7.84. The van der Waals surface area contributed by atoms with Crippen LogP contribution < -0.4 is 30.7 Å². The first kappa shape index (κ1) is 37.6. The Labute approximate surface area is 287 Å². The molecule has 8 N–H and O–H groups in total. The third-order valence-electron chi connectivity index (χ3n) is 9.32. The van der Waals surface area contributed by atoms with Crippen molar-refractivity contribution in [2.75, 3.05) is 18.4 Å². The Morgan fingerprint density at radius 3 is 2.22 bits per heavy atom. The molecule has 3 amide bonds. The van der Waals surface area contributed by atoms with Gasteiger partial charge in [-0.05, 0) is 95.2 Å². The van der Waals surface area contributed by atoms with Crippen LogP contribution in [0.25, 0.3) is 0 Å². The maximum Gasteiger partial charge on any atom is 0.277 e. The fraction of sp³-hybridized carbons (Fsp3) is 0.529. The van der Waals surface area contributed by atoms with Crippen molar-refractivity contribution in [1.29, 1.82) is 5.41 Å². The van der Waals surface area contributed by atoms with Gasteiger partial charge in [-0.15, -0.1) is 0 Å². The van der Waals surface area contributed by atoms with Crippen molar-refractivity contribution in [2.24, 2.45) is 5.41 Å². The maximum absolute atomic E-state index is 13.5. The number of benzene rings is 2. The molecule has 0 radical (unpaired) electrons. The summed E-state index contributed by atoms with van der Waals surface area (Å²) in [5.74, 6) is -2.05. The average Bonchev–Trinajstić information content (AvgIpc) is 3.33. The normalized spacial score (nSPS) is 17.0. The summed E-state index contributed by atoms with van der Waals surface area (Å²) in [5, 5.41) is 39.5. The Kier molecular flexibility index (Phi) is 11.0. The van der Waals surface area contributed by atoms with Crippen LogP contribution in [0.15, 0.2) is 29.2 Å². The van der Waals surface area contributed by atoms with Crippen molar-refractivity contribution >= 4 is 39.4 Å². The van der Waals surface area contributed by atoms with Crippen LogP contribution in [0.1, 0.15) is 80.7 Å². The molecule has 1 heterocycles. The SMILES string of the molecule is CCNC(=O)C1(C(=O)NC(O)(CCCNC(=N)NS(=O)(=O)c2c(C)c(C)c3c(c2C)CC(C)(C)O3)C(=O)Nc2ccc(CO)cc2)CCC1. The number of anilines is 1. The molecule has 4 rings (SSSR count). The molecule has 49 heavy (non-hydrogen) atoms. The lowest BCUT2D eigenvalue weighted by Gasteiger charge is -2.40. The van der Waals surface area contributed by atoms with Gasteiger partial charge in [-0.25, -0.2) is 13.1 Å². The molecule has 0 spiro atoms. The lowest BCUT2D eigenvalue weighted by molar-refractivity contribution is -0.159. The molecule has 14 nitrogen and oxygen atoms in total. The quantitative estimate of drug-likeness (QED) is 0.0504. The van der Waals surface area contributed by atoms with Crippen molar-refractivity contribution in [3.05, 3.63) is 52.1 Å². The minimum Gasteiger partial charge on any atom is -0.487 e. The number of sulfonamides is 1. The summed E-state index contributed by atoms with van der Waals surface area (Å²) in [7, 11) is -4.18. The highest BCUT2D eigenvalue weighted by atomic mass is 32.2. The molecule has 0 bridgehead atoms. The lowest BCUT2D eigenvalue weighted by atomic mass is 9.67. The standard InChI is InChI=1S/C34H48N6O8S/c1-7-36-28(42)33(14-8-15-33)29(43)39-34(45,30(44)38-24-12-10-23(19-41)11-13-24)16-9-17-37-31(35)40-49(46,47)27-21(3)20(2)26-25(22(27)4)18-32(5,6)48-26/h10-13,41,45H,7-9,14-19H2,1-6H3,(H,36,42)(H,38,44)(H,39,43)(H3,35,37,40). The van der Waals surface area contributed by atoms with Crippen molar-refractivity contribution in [3.8, 4) is 5.75 Å². The van der Waals surface area contributed by atoms with E-state index in [9.17, 15) is 33.0 Å². The van der Waals surface area contributed by atoms with Crippen LogP contribution in [0.2, 0.25) is 0 Å². The van der Waals surface area contributed by atoms with Crippen molar-refractivity contribution in [2.45, 2.75) is 103 Å². The highest BCUT2D eigenvalue weighted by Crippen LogP contribution is 2.44. The number of rotatable bonds is 13. The number of amides is 3. The molecule has 1 aliphatic carbocycles. The fourth-order valence-electron chi connectivity index (χ4n) is 6.31. The van der Waals surface area contributed by atoms with Crippen LogP contribution in [0.5, 0.6) is 5.75 Å². The largest absolute Gasteiger partial charge is 0.487 e. The molecule has 0 aromatic heterocycles. The molecule has 1 fully saturated rings. The van der Waals surface area contributed by atoms with Crippen molar-refractivity contribution < 1.29 is 37.8 Å². The zero-order chi connectivity index (χ0) is 36.4. The Morgan fingerprint density at radius 1 is 1.00 bits per heavy atom. The first-order chi connectivity index (χ1) is 22.9. The summed E-state index contributed by atoms with van der Waals surface area (Å²) < 4.78 is 35.4. The number of aliphatic hydroxyl groups is 2. The molecule has 1 atom stereocenters. The second kappa shape index (κ2) is 14.3. The number of hydrogen-bond donors (Lipinski definition) is 8. The highest BCUT2D eigenvalue weighted by Gasteiger charge is 2.53. The van der Waals surface area contributed by atoms with Gasteiger partial charge < -0.3 is 36.2 Å². The van der Waals surface area contributed by atoms with E-state index in [1.54, 1.807) is 39.8 Å². The van der Waals surface area contributed by atoms with Gasteiger partial charge in [0.2, 0.25) is 23.5 Å². The van der Waals surface area contributed by atoms with Gasteiger partial charge >= 0.3 is 0 Å². The number of nitrogens with one attached hydrogen (secondary N) is 6. The predicted octanol–water partition coefficient (Wildman–Crippen LogP) is 2.15. The van der Waals surface area contributed by atoms with E-state index in [2.05, 4.69) is 26.0 Å². The highest BCUT2D eigenvalue weighted by molar-refractivity contribution is 7.90. The van der Waals surface area contributed by atoms with Gasteiger partial charge in [-0.1, -0.05) is 18.6 Å². The number of fused-ring (bicyclic) bond motifs is 1. The first-order valence-corrected chi connectivity index (χ1v) is 17.9. The average molecular weight is 701 g/mol. The molecule has 1 aliphatic heterocycles. The van der Waals surface area contributed by atoms with E-state index in [0.29, 0.717) is 53.1 Å². The second-order valence-corrected chi connectivity index (χ2v) is 15.1. The van der Waals surface area contributed by atoms with Crippen LogP contribution in [0.3, 0.4) is 0 Å². The molecule has 2 aromatic rings. The number of aliphatic hydroxyl groups excluding tert-OH is 1. The molecule has 2 aliphatic rings. The number of hydrogen-bond acceptors (Lipinski definition) is 9. The number of guanidine groups is 1. The van der Waals surface area contributed by atoms with Gasteiger partial charge in [0, 0.05) is 37.2 Å². The summed E-state index contributed by atoms with van der Waals surface area (Å²) in [6.07, 6.45) is 1.36. The number of carbonyl (C=O) groups excluding carboxylic acids is 3. The molecular weight excluding hydrogens is 652 g/mol. The Balaban J connectivity index is 1.45. The first-order valence-electron chi connectivity index (χ1n) is 16.4. The third-order valence-corrected chi connectivity index (χ3v) is 10.9. The van der Waals surface area contributed by atoms with Gasteiger partial charge in [-0.2, -0.15) is 0 Å². The van der Waals surface area contributed by atoms with E-state index in [1.807, 2.05) is 13.8 Å². The van der Waals surface area contributed by atoms with E-state index in [0.717, 1.165) is 5.56 Å². The van der Waals surface area contributed by atoms with E-state index >= 15 is 0 Å². The van der Waals surface area contributed by atoms with Gasteiger partial charge in [0.05, 0.1) is 11.5 Å². The lowest BCUT2D eigenvalue weighted by Crippen LogP contribution is -2.64. The number of carbonyl (C=O) groups is 3. The van der Waals surface area contributed by atoms with Crippen molar-refractivity contribution in [3.63, 3.8) is 0 Å². The van der Waals surface area contributed by atoms with Crippen molar-refractivity contribution in [1.82, 2.24) is 20.7 Å². The van der Waals surface area contributed by atoms with E-state index < -0.39 is 50.4 Å². The van der Waals surface area contributed by atoms with E-state index in [1.165, 1.54) is 12.1 Å². The fourth-order valence-corrected chi connectivity index (χ4v) is 7.84. The summed E-state index contributed by atoms with van der Waals surface area (Å²) in [6, 6.07) is 6.24. The minimum atomic E-state index is -4.18. The van der Waals surface area contributed by atoms with Gasteiger partial charge in [0.15, 0.2) is 0 Å². The van der Waals surface area contributed by atoms with E-state index in [-0.39, 0.29) is 43.7 Å². The molecular formula is C34H48N6O8S. The molecule has 15 heteroatoms. The van der Waals surface area contributed by atoms with Gasteiger partial charge in [0.25, 0.3) is 15.9 Å². The minimum absolute atomic E-state index is 0.00828. The summed E-state index contributed by atoms with van der Waals surface area (Å²) in [6.45, 7) is 10.9. The van der Waals surface area contributed by atoms with Crippen LogP contribution in [0, 0.1) is 31.6 Å². The van der Waals surface area contributed by atoms with Crippen LogP contribution in [-0.2, 0) is 37.4 Å². The van der Waals surface area contributed by atoms with Crippen LogP contribution in [-0.4, -0.2) is 66.7 Å². The van der Waals surface area contributed by atoms with Gasteiger partial charge in [-0.3, -0.25) is 19.8 Å². The van der Waals surface area contributed by atoms with E-state index in [4.69, 9.17) is 10.1 Å². The Bertz CT molecular complexity index is 1740. The predicted molar refractivity (Wildman–Crippen MR) is 183 cm³/mol. The molecule has 0 saturated heterocycles. The molecule has 1 saturated carbocycles. The van der Waals surface area contributed by atoms with Gasteiger partial charge in [0.1, 0.15) is 16.8 Å². The molecule has 268 valence electrons. The Morgan fingerprint density at radius 2 is 1.65 bits per heavy atom. The van der Waals surface area contributed by atoms with Crippen LogP contribution in [0.4, 0.5) is 5.69 Å². The topological polar surface area (TPSA) is 219 Å². The smallest absolute Gasteiger partial charge is 0.277 e. The Hall–Kier alpha value is -4.21. The summed E-state index contributed by atoms with van der Waals surface area (Å²) >= 11 is 0.